The van der Waals surface area contributed by atoms with Gasteiger partial charge in [-0.2, -0.15) is 8.78 Å². The summed E-state index contributed by atoms with van der Waals surface area (Å²) in [6.45, 7) is 2.09. The number of ether oxygens (including phenoxy) is 1. The van der Waals surface area contributed by atoms with Gasteiger partial charge in [0.25, 0.3) is 0 Å². The van der Waals surface area contributed by atoms with Gasteiger partial charge in [0.1, 0.15) is 0 Å². The lowest BCUT2D eigenvalue weighted by atomic mass is 9.94. The molecule has 0 radical (unpaired) electrons. The van der Waals surface area contributed by atoms with Crippen LogP contribution in [0, 0.1) is 0 Å². The fourth-order valence-electron chi connectivity index (χ4n) is 3.21. The van der Waals surface area contributed by atoms with Gasteiger partial charge in [-0.25, -0.2) is 4.79 Å². The Balaban J connectivity index is 2.57. The Labute approximate surface area is 182 Å². The molecule has 2 aromatic rings. The minimum Gasteiger partial charge on any atom is -0.465 e. The Bertz CT molecular complexity index is 928. The van der Waals surface area contributed by atoms with Crippen molar-refractivity contribution in [3.05, 3.63) is 83.1 Å². The maximum atomic E-state index is 14.5. The fraction of sp³-hybridized carbons (Fsp3) is 0.346. The van der Waals surface area contributed by atoms with Crippen LogP contribution in [0.25, 0.3) is 5.57 Å². The Morgan fingerprint density at radius 2 is 1.48 bits per heavy atom. The number of allylic oxidation sites excluding steroid dienone is 1. The van der Waals surface area contributed by atoms with Crippen molar-refractivity contribution in [2.75, 3.05) is 7.11 Å². The summed E-state index contributed by atoms with van der Waals surface area (Å²) in [5.41, 5.74) is 4.38. The Kier molecular flexibility index (Phi) is 9.36. The maximum absolute atomic E-state index is 14.5. The maximum Gasteiger partial charge on any atom is 0.377 e. The molecule has 0 heterocycles. The zero-order valence-electron chi connectivity index (χ0n) is 18.0. The molecule has 0 atom stereocenters. The highest BCUT2D eigenvalue weighted by atomic mass is 19.3. The van der Waals surface area contributed by atoms with Crippen LogP contribution in [0.4, 0.5) is 8.78 Å². The van der Waals surface area contributed by atoms with Gasteiger partial charge in [0, 0.05) is 16.7 Å². The van der Waals surface area contributed by atoms with Crippen molar-refractivity contribution >= 4 is 17.3 Å². The van der Waals surface area contributed by atoms with Crippen LogP contribution < -0.4 is 0 Å². The molecule has 31 heavy (non-hydrogen) atoms. The summed E-state index contributed by atoms with van der Waals surface area (Å²) in [6.07, 6.45) is 3.29. The number of hydrogen-bond donors (Lipinski definition) is 0. The van der Waals surface area contributed by atoms with Gasteiger partial charge in [-0.1, -0.05) is 86.8 Å². The SMILES string of the molecule is CCCCCCC(=C=C(CC(F)(F)C(=O)OC)c1ccccc1)C(=O)c1ccccc1. The van der Waals surface area contributed by atoms with E-state index in [0.717, 1.165) is 32.8 Å². The summed E-state index contributed by atoms with van der Waals surface area (Å²) in [5.74, 6) is -5.58. The summed E-state index contributed by atoms with van der Waals surface area (Å²) < 4.78 is 33.2. The van der Waals surface area contributed by atoms with Crippen LogP contribution >= 0.6 is 0 Å². The Hall–Kier alpha value is -3.04. The van der Waals surface area contributed by atoms with Crippen LogP contribution in [0.5, 0.6) is 0 Å². The van der Waals surface area contributed by atoms with Crippen molar-refractivity contribution < 1.29 is 23.1 Å². The number of carbonyl (C=O) groups excluding carboxylic acids is 2. The summed E-state index contributed by atoms with van der Waals surface area (Å²) in [6, 6.07) is 17.2. The van der Waals surface area contributed by atoms with E-state index in [4.69, 9.17) is 0 Å². The predicted molar refractivity (Wildman–Crippen MR) is 118 cm³/mol. The van der Waals surface area contributed by atoms with Crippen molar-refractivity contribution in [2.45, 2.75) is 51.4 Å². The molecule has 164 valence electrons. The van der Waals surface area contributed by atoms with Crippen LogP contribution in [-0.2, 0) is 9.53 Å². The van der Waals surface area contributed by atoms with E-state index in [9.17, 15) is 18.4 Å². The van der Waals surface area contributed by atoms with Gasteiger partial charge in [0.15, 0.2) is 5.78 Å². The van der Waals surface area contributed by atoms with Crippen molar-refractivity contribution in [2.24, 2.45) is 0 Å². The molecule has 0 saturated heterocycles. The quantitative estimate of drug-likeness (QED) is 0.133. The van der Waals surface area contributed by atoms with Crippen LogP contribution in [0.1, 0.15) is 61.4 Å². The largest absolute Gasteiger partial charge is 0.465 e. The fourth-order valence-corrected chi connectivity index (χ4v) is 3.21. The number of methoxy groups -OCH3 is 1. The number of Topliss-reactive ketones (excluding diaryl/α,β-unsaturated/α-hetero) is 1. The lowest BCUT2D eigenvalue weighted by molar-refractivity contribution is -0.167. The molecule has 2 rings (SSSR count). The first-order chi connectivity index (χ1) is 14.9. The van der Waals surface area contributed by atoms with Crippen LogP contribution in [0.2, 0.25) is 0 Å². The van der Waals surface area contributed by atoms with Gasteiger partial charge in [-0.3, -0.25) is 4.79 Å². The predicted octanol–water partition coefficient (Wildman–Crippen LogP) is 6.65. The highest BCUT2D eigenvalue weighted by Gasteiger charge is 2.41. The third kappa shape index (κ3) is 7.30. The number of alkyl halides is 2. The van der Waals surface area contributed by atoms with E-state index in [1.54, 1.807) is 54.6 Å². The van der Waals surface area contributed by atoms with Gasteiger partial charge in [0.05, 0.1) is 13.5 Å². The first-order valence-corrected chi connectivity index (χ1v) is 10.5. The Morgan fingerprint density at radius 1 is 0.903 bits per heavy atom. The van der Waals surface area contributed by atoms with E-state index in [2.05, 4.69) is 17.4 Å². The average Bonchev–Trinajstić information content (AvgIpc) is 2.80. The van der Waals surface area contributed by atoms with E-state index >= 15 is 0 Å². The molecule has 3 nitrogen and oxygen atoms in total. The molecule has 5 heteroatoms. The third-order valence-electron chi connectivity index (χ3n) is 4.90. The normalized spacial score (nSPS) is 10.8. The monoisotopic (exact) mass is 426 g/mol. The number of hydrogen-bond acceptors (Lipinski definition) is 3. The van der Waals surface area contributed by atoms with Crippen molar-refractivity contribution in [3.63, 3.8) is 0 Å². The van der Waals surface area contributed by atoms with Crippen molar-refractivity contribution in [1.82, 2.24) is 0 Å². The molecule has 0 aliphatic heterocycles. The summed E-state index contributed by atoms with van der Waals surface area (Å²) >= 11 is 0. The molecule has 2 aromatic carbocycles. The number of esters is 1. The summed E-state index contributed by atoms with van der Waals surface area (Å²) in [7, 11) is 0.927. The molecule has 0 bridgehead atoms. The van der Waals surface area contributed by atoms with Crippen LogP contribution in [0.15, 0.2) is 72.0 Å². The first kappa shape index (κ1) is 24.2. The van der Waals surface area contributed by atoms with E-state index in [1.165, 1.54) is 0 Å². The smallest absolute Gasteiger partial charge is 0.377 e. The molecule has 0 aromatic heterocycles. The van der Waals surface area contributed by atoms with E-state index in [-0.39, 0.29) is 11.4 Å². The summed E-state index contributed by atoms with van der Waals surface area (Å²) in [4.78, 5) is 24.7. The van der Waals surface area contributed by atoms with Gasteiger partial charge in [0.2, 0.25) is 0 Å². The van der Waals surface area contributed by atoms with E-state index < -0.39 is 18.3 Å². The second-order valence-corrected chi connectivity index (χ2v) is 7.33. The third-order valence-corrected chi connectivity index (χ3v) is 4.90. The molecule has 0 fully saturated rings. The molecule has 0 unspecified atom stereocenters. The second-order valence-electron chi connectivity index (χ2n) is 7.33. The molecular weight excluding hydrogens is 398 g/mol. The standard InChI is InChI=1S/C26H28F2O3/c1-3-4-5-8-17-22(24(29)21-15-11-7-12-16-21)18-23(20-13-9-6-10-14-20)19-26(27,28)25(30)31-2/h6-7,9-16H,3-5,8,17,19H2,1-2H3. The number of unbranched alkanes of at least 4 members (excludes halogenated alkanes) is 3. The zero-order valence-corrected chi connectivity index (χ0v) is 18.0. The van der Waals surface area contributed by atoms with E-state index in [0.29, 0.717) is 23.1 Å². The highest BCUT2D eigenvalue weighted by molar-refractivity contribution is 6.09. The molecule has 0 saturated carbocycles. The minimum absolute atomic E-state index is 0.103. The highest BCUT2D eigenvalue weighted by Crippen LogP contribution is 2.31. The minimum atomic E-state index is -3.73. The number of ketones is 1. The molecular formula is C26H28F2O3. The number of carbonyl (C=O) groups is 2. The number of rotatable bonds is 11. The van der Waals surface area contributed by atoms with Crippen molar-refractivity contribution in [1.29, 1.82) is 0 Å². The molecule has 0 amide bonds. The molecule has 0 N–H and O–H groups in total. The zero-order chi connectivity index (χ0) is 22.7. The van der Waals surface area contributed by atoms with Crippen LogP contribution in [-0.4, -0.2) is 24.8 Å². The average molecular weight is 427 g/mol. The van der Waals surface area contributed by atoms with Gasteiger partial charge in [-0.05, 0) is 18.4 Å². The number of halogens is 2. The lowest BCUT2D eigenvalue weighted by Crippen LogP contribution is -2.30. The van der Waals surface area contributed by atoms with Crippen LogP contribution in [0.3, 0.4) is 0 Å². The van der Waals surface area contributed by atoms with Gasteiger partial charge < -0.3 is 4.74 Å². The lowest BCUT2D eigenvalue weighted by Gasteiger charge is -2.15. The van der Waals surface area contributed by atoms with Gasteiger partial charge in [-0.15, -0.1) is 5.73 Å². The molecule has 0 aliphatic rings. The van der Waals surface area contributed by atoms with E-state index in [1.807, 2.05) is 6.07 Å². The summed E-state index contributed by atoms with van der Waals surface area (Å²) in [5, 5.41) is 0. The number of benzene rings is 2. The topological polar surface area (TPSA) is 43.4 Å². The van der Waals surface area contributed by atoms with Gasteiger partial charge >= 0.3 is 11.9 Å². The van der Waals surface area contributed by atoms with Crippen molar-refractivity contribution in [3.8, 4) is 0 Å². The second kappa shape index (κ2) is 12.0. The Morgan fingerprint density at radius 3 is 2.03 bits per heavy atom. The molecule has 0 aliphatic carbocycles. The molecule has 0 spiro atoms. The first-order valence-electron chi connectivity index (χ1n) is 10.5.